The number of benzene rings is 2. The number of likely N-dealkylation sites (tertiary alicyclic amines) is 1. The molecule has 9 rings (SSSR count). The first-order valence-corrected chi connectivity index (χ1v) is 15.5. The summed E-state index contributed by atoms with van der Waals surface area (Å²) >= 11 is 0. The van der Waals surface area contributed by atoms with E-state index in [0.717, 1.165) is 64.3 Å². The molecule has 7 aliphatic rings. The van der Waals surface area contributed by atoms with Crippen molar-refractivity contribution in [3.8, 4) is 0 Å². The molecule has 2 aromatic carbocycles. The third-order valence-electron chi connectivity index (χ3n) is 11.4. The number of hydrogen-bond acceptors (Lipinski definition) is 4. The molecule has 0 aromatic heterocycles. The highest BCUT2D eigenvalue weighted by Crippen LogP contribution is 2.62. The molecule has 4 bridgehead atoms. The minimum atomic E-state index is -1.07. The molecular weight excluding hydrogens is 480 g/mol. The zero-order valence-corrected chi connectivity index (χ0v) is 23.0. The standard InChI is InChI=1S/C35H40N2O2/c36-32-33(38)29(20-35-17-21-13-22(18-35)15-23(14-21)19-35)28-8-7-27-26-6-2-1-5-24(26)16-25(30(27)31(28)34(32)39)9-12-37-10-3-4-11-37/h1-2,5-8,16,21-23,25,32H,3-4,9-15,17-20,36H2. The molecule has 2 aromatic rings. The van der Waals surface area contributed by atoms with Crippen LogP contribution in [-0.2, 0) is 4.79 Å². The number of ketones is 2. The Morgan fingerprint density at radius 2 is 1.49 bits per heavy atom. The van der Waals surface area contributed by atoms with Crippen molar-refractivity contribution in [1.82, 2.24) is 4.90 Å². The van der Waals surface area contributed by atoms with Crippen molar-refractivity contribution in [2.75, 3.05) is 19.6 Å². The molecule has 0 amide bonds. The molecule has 4 saturated carbocycles. The van der Waals surface area contributed by atoms with Crippen LogP contribution in [0.3, 0.4) is 0 Å². The summed E-state index contributed by atoms with van der Waals surface area (Å²) in [5.74, 6) is 2.35. The highest BCUT2D eigenvalue weighted by Gasteiger charge is 2.52. The van der Waals surface area contributed by atoms with Gasteiger partial charge in [-0.3, -0.25) is 9.59 Å². The zero-order valence-electron chi connectivity index (χ0n) is 23.0. The largest absolute Gasteiger partial charge is 0.315 e. The van der Waals surface area contributed by atoms with Crippen molar-refractivity contribution in [3.63, 3.8) is 0 Å². The molecule has 1 aliphatic heterocycles. The molecule has 2 unspecified atom stereocenters. The molecule has 0 radical (unpaired) electrons. The summed E-state index contributed by atoms with van der Waals surface area (Å²) in [6, 6.07) is 11.8. The van der Waals surface area contributed by atoms with Gasteiger partial charge >= 0.3 is 0 Å². The number of nitrogens with zero attached hydrogens (tertiary/aromatic N) is 1. The predicted octanol–water partition coefficient (Wildman–Crippen LogP) is 4.19. The van der Waals surface area contributed by atoms with E-state index < -0.39 is 6.04 Å². The Morgan fingerprint density at radius 3 is 2.21 bits per heavy atom. The predicted molar refractivity (Wildman–Crippen MR) is 153 cm³/mol. The van der Waals surface area contributed by atoms with E-state index in [1.807, 2.05) is 0 Å². The van der Waals surface area contributed by atoms with Crippen LogP contribution in [0.4, 0.5) is 0 Å². The summed E-state index contributed by atoms with van der Waals surface area (Å²) < 4.78 is 0. The van der Waals surface area contributed by atoms with Crippen molar-refractivity contribution >= 4 is 23.2 Å². The van der Waals surface area contributed by atoms with E-state index >= 15 is 0 Å². The lowest BCUT2D eigenvalue weighted by atomic mass is 9.48. The molecule has 1 saturated heterocycles. The van der Waals surface area contributed by atoms with E-state index in [-0.39, 0.29) is 22.9 Å². The first-order chi connectivity index (χ1) is 19.0. The Bertz CT molecular complexity index is 1560. The second-order valence-electron chi connectivity index (χ2n) is 13.9. The van der Waals surface area contributed by atoms with Crippen LogP contribution in [0.15, 0.2) is 36.4 Å². The maximum Gasteiger partial charge on any atom is 0.188 e. The van der Waals surface area contributed by atoms with Gasteiger partial charge in [-0.15, -0.1) is 0 Å². The molecule has 4 nitrogen and oxygen atoms in total. The maximum absolute atomic E-state index is 13.9. The van der Waals surface area contributed by atoms with Crippen molar-refractivity contribution in [2.45, 2.75) is 76.2 Å². The normalized spacial score (nSPS) is 34.6. The fraction of sp³-hybridized carbons (Fsp3) is 0.543. The van der Waals surface area contributed by atoms with E-state index in [1.54, 1.807) is 0 Å². The van der Waals surface area contributed by atoms with Gasteiger partial charge in [-0.05, 0) is 133 Å². The summed E-state index contributed by atoms with van der Waals surface area (Å²) in [5.41, 5.74) is 9.47. The van der Waals surface area contributed by atoms with E-state index in [1.165, 1.54) is 74.9 Å². The number of hydrogen-bond donors (Lipinski definition) is 1. The summed E-state index contributed by atoms with van der Waals surface area (Å²) in [5, 5.41) is 4.49. The molecule has 202 valence electrons. The molecule has 4 heteroatoms. The molecule has 2 atom stereocenters. The fourth-order valence-electron chi connectivity index (χ4n) is 10.2. The van der Waals surface area contributed by atoms with Crippen molar-refractivity contribution in [2.24, 2.45) is 28.9 Å². The van der Waals surface area contributed by atoms with Crippen LogP contribution in [0, 0.1) is 33.6 Å². The second kappa shape index (κ2) is 8.97. The SMILES string of the molecule is NC1C(=O)C(CC23CC4CC(CC(C4)C2)C3)=c2ccc3c(c2C1=O)C(CCN1CCCC1)C=c1ccccc1=3. The van der Waals surface area contributed by atoms with Gasteiger partial charge in [0.05, 0.1) is 0 Å². The quantitative estimate of drug-likeness (QED) is 0.601. The highest BCUT2D eigenvalue weighted by molar-refractivity contribution is 6.32. The van der Waals surface area contributed by atoms with Crippen molar-refractivity contribution in [1.29, 1.82) is 0 Å². The summed E-state index contributed by atoms with van der Waals surface area (Å²) in [4.78, 5) is 30.3. The zero-order chi connectivity index (χ0) is 26.3. The van der Waals surface area contributed by atoms with Crippen LogP contribution in [0.2, 0.25) is 0 Å². The first kappa shape index (κ1) is 24.3. The van der Waals surface area contributed by atoms with Crippen molar-refractivity contribution in [3.05, 3.63) is 68.4 Å². The number of carbonyl (C=O) groups is 2. The molecule has 1 heterocycles. The highest BCUT2D eigenvalue weighted by atomic mass is 16.2. The van der Waals surface area contributed by atoms with Gasteiger partial charge in [-0.1, -0.05) is 42.5 Å². The van der Waals surface area contributed by atoms with Gasteiger partial charge in [0.1, 0.15) is 6.04 Å². The minimum Gasteiger partial charge on any atom is -0.315 e. The summed E-state index contributed by atoms with van der Waals surface area (Å²) in [6.45, 7) is 3.38. The number of rotatable bonds is 5. The van der Waals surface area contributed by atoms with Gasteiger partial charge in [-0.2, -0.15) is 0 Å². The minimum absolute atomic E-state index is 0.114. The Morgan fingerprint density at radius 1 is 0.821 bits per heavy atom. The lowest BCUT2D eigenvalue weighted by molar-refractivity contribution is -0.115. The Hall–Kier alpha value is -2.56. The van der Waals surface area contributed by atoms with Gasteiger partial charge in [-0.25, -0.2) is 0 Å². The third kappa shape index (κ3) is 3.85. The van der Waals surface area contributed by atoms with E-state index in [9.17, 15) is 9.59 Å². The monoisotopic (exact) mass is 520 g/mol. The molecular formula is C35H40N2O2. The Labute approximate surface area is 230 Å². The van der Waals surface area contributed by atoms with Crippen molar-refractivity contribution < 1.29 is 9.59 Å². The van der Waals surface area contributed by atoms with E-state index in [4.69, 9.17) is 5.73 Å². The summed E-state index contributed by atoms with van der Waals surface area (Å²) in [7, 11) is 0. The smallest absolute Gasteiger partial charge is 0.188 e. The molecule has 6 aliphatic carbocycles. The number of fused-ring (bicyclic) bond motifs is 4. The Balaban J connectivity index is 1.31. The van der Waals surface area contributed by atoms with Crippen LogP contribution in [0.5, 0.6) is 0 Å². The number of Topliss-reactive ketones (excluding diaryl/α,β-unsaturated/α-hetero) is 2. The molecule has 5 fully saturated rings. The lowest BCUT2D eigenvalue weighted by Crippen LogP contribution is -2.51. The van der Waals surface area contributed by atoms with Gasteiger partial charge in [0.15, 0.2) is 11.6 Å². The van der Waals surface area contributed by atoms with E-state index in [0.29, 0.717) is 0 Å². The van der Waals surface area contributed by atoms with Crippen LogP contribution < -0.4 is 16.2 Å². The van der Waals surface area contributed by atoms with Crippen LogP contribution in [0.25, 0.3) is 11.6 Å². The first-order valence-electron chi connectivity index (χ1n) is 15.5. The second-order valence-corrected chi connectivity index (χ2v) is 13.9. The lowest BCUT2D eigenvalue weighted by Gasteiger charge is -2.57. The molecule has 0 spiro atoms. The van der Waals surface area contributed by atoms with Crippen LogP contribution >= 0.6 is 0 Å². The number of nitrogens with two attached hydrogens (primary N) is 1. The third-order valence-corrected chi connectivity index (χ3v) is 11.4. The van der Waals surface area contributed by atoms with Gasteiger partial charge in [0.25, 0.3) is 0 Å². The molecule has 2 N–H and O–H groups in total. The Kier molecular flexibility index (Phi) is 5.58. The van der Waals surface area contributed by atoms with E-state index in [2.05, 4.69) is 47.4 Å². The van der Waals surface area contributed by atoms with Crippen LogP contribution in [-0.4, -0.2) is 42.1 Å². The summed E-state index contributed by atoms with van der Waals surface area (Å²) in [6.07, 6.45) is 14.6. The van der Waals surface area contributed by atoms with Gasteiger partial charge < -0.3 is 10.6 Å². The van der Waals surface area contributed by atoms with Gasteiger partial charge in [0.2, 0.25) is 0 Å². The number of carbonyl (C=O) groups excluding carboxylic acids is 2. The van der Waals surface area contributed by atoms with Crippen LogP contribution in [0.1, 0.15) is 86.0 Å². The fourth-order valence-corrected chi connectivity index (χ4v) is 10.2. The topological polar surface area (TPSA) is 63.4 Å². The van der Waals surface area contributed by atoms with Gasteiger partial charge in [0, 0.05) is 17.1 Å². The maximum atomic E-state index is 13.9. The average Bonchev–Trinajstić information content (AvgIpc) is 3.45. The molecule has 39 heavy (non-hydrogen) atoms. The average molecular weight is 521 g/mol.